The molecule has 194 valence electrons. The number of rotatable bonds is 9. The van der Waals surface area contributed by atoms with Crippen molar-refractivity contribution in [1.29, 1.82) is 0 Å². The number of ether oxygens (including phenoxy) is 1. The van der Waals surface area contributed by atoms with Crippen LogP contribution in [0, 0.1) is 12.7 Å². The molecule has 0 saturated heterocycles. The van der Waals surface area contributed by atoms with Crippen LogP contribution in [0.2, 0.25) is 0 Å². The summed E-state index contributed by atoms with van der Waals surface area (Å²) in [6.07, 6.45) is 1.53. The number of carbonyl (C=O) groups is 1. The summed E-state index contributed by atoms with van der Waals surface area (Å²) in [6.45, 7) is 2.17. The maximum Gasteiger partial charge on any atom is 0.271 e. The molecule has 0 aliphatic rings. The summed E-state index contributed by atoms with van der Waals surface area (Å²) >= 11 is 1.52. The third-order valence-electron chi connectivity index (χ3n) is 5.84. The van der Waals surface area contributed by atoms with E-state index in [1.807, 2.05) is 47.8 Å². The molecule has 0 bridgehead atoms. The molecule has 0 fully saturated rings. The van der Waals surface area contributed by atoms with Crippen molar-refractivity contribution < 1.29 is 13.9 Å². The molecule has 0 aliphatic heterocycles. The average Bonchev–Trinajstić information content (AvgIpc) is 3.43. The largest absolute Gasteiger partial charge is 0.489 e. The predicted molar refractivity (Wildman–Crippen MR) is 154 cm³/mol. The fourth-order valence-electron chi connectivity index (χ4n) is 3.71. The van der Waals surface area contributed by atoms with Crippen LogP contribution in [-0.4, -0.2) is 17.1 Å². The number of anilines is 2. The molecule has 0 aliphatic carbocycles. The van der Waals surface area contributed by atoms with Crippen LogP contribution in [-0.2, 0) is 6.61 Å². The molecule has 0 unspecified atom stereocenters. The maximum atomic E-state index is 13.8. The Morgan fingerprint density at radius 1 is 1.00 bits per heavy atom. The lowest BCUT2D eigenvalue weighted by Crippen LogP contribution is -2.17. The molecule has 1 amide bonds. The van der Waals surface area contributed by atoms with Crippen LogP contribution in [0.4, 0.5) is 15.2 Å². The van der Waals surface area contributed by atoms with E-state index in [1.165, 1.54) is 29.2 Å². The van der Waals surface area contributed by atoms with Crippen LogP contribution in [0.1, 0.15) is 27.0 Å². The van der Waals surface area contributed by atoms with E-state index in [9.17, 15) is 9.18 Å². The van der Waals surface area contributed by atoms with Crippen molar-refractivity contribution in [2.24, 2.45) is 5.10 Å². The highest BCUT2D eigenvalue weighted by molar-refractivity contribution is 7.14. The molecule has 0 atom stereocenters. The van der Waals surface area contributed by atoms with Crippen molar-refractivity contribution in [3.05, 3.63) is 131 Å². The quantitative estimate of drug-likeness (QED) is 0.153. The summed E-state index contributed by atoms with van der Waals surface area (Å²) in [4.78, 5) is 17.2. The van der Waals surface area contributed by atoms with Gasteiger partial charge in [0.2, 0.25) is 0 Å². The molecule has 1 aromatic heterocycles. The van der Waals surface area contributed by atoms with E-state index >= 15 is 0 Å². The second-order valence-electron chi connectivity index (χ2n) is 8.76. The molecule has 2 N–H and O–H groups in total. The molecule has 5 rings (SSSR count). The Morgan fingerprint density at radius 2 is 1.79 bits per heavy atom. The molecule has 6 nitrogen and oxygen atoms in total. The fraction of sp³-hybridized carbons (Fsp3) is 0.0645. The first kappa shape index (κ1) is 25.8. The summed E-state index contributed by atoms with van der Waals surface area (Å²) in [7, 11) is 0. The monoisotopic (exact) mass is 536 g/mol. The van der Waals surface area contributed by atoms with Crippen LogP contribution < -0.4 is 15.5 Å². The molecule has 0 saturated carbocycles. The molecular formula is C31H25FN4O2S. The van der Waals surface area contributed by atoms with Gasteiger partial charge in [0.15, 0.2) is 5.13 Å². The normalized spacial score (nSPS) is 10.9. The zero-order valence-electron chi connectivity index (χ0n) is 21.1. The maximum absolute atomic E-state index is 13.8. The molecule has 8 heteroatoms. The van der Waals surface area contributed by atoms with E-state index in [0.717, 1.165) is 27.6 Å². The van der Waals surface area contributed by atoms with Crippen LogP contribution in [0.15, 0.2) is 108 Å². The van der Waals surface area contributed by atoms with Gasteiger partial charge in [-0.2, -0.15) is 5.10 Å². The summed E-state index contributed by atoms with van der Waals surface area (Å²) in [5, 5.41) is 10.1. The van der Waals surface area contributed by atoms with Crippen molar-refractivity contribution in [1.82, 2.24) is 10.4 Å². The number of carbonyl (C=O) groups excluding carboxylic acids is 1. The van der Waals surface area contributed by atoms with Gasteiger partial charge in [-0.1, -0.05) is 60.2 Å². The Hall–Kier alpha value is -4.82. The molecule has 0 spiro atoms. The van der Waals surface area contributed by atoms with Gasteiger partial charge >= 0.3 is 0 Å². The van der Waals surface area contributed by atoms with Crippen LogP contribution in [0.5, 0.6) is 5.75 Å². The lowest BCUT2D eigenvalue weighted by atomic mass is 10.1. The SMILES string of the molecule is Cc1ccc(Nc2nc(-c3ccc(C(=O)N/N=C\c4cccc(OCc5ccccc5F)c4)cc3)cs2)cc1. The first-order chi connectivity index (χ1) is 19.0. The minimum atomic E-state index is -0.329. The van der Waals surface area contributed by atoms with Crippen LogP contribution >= 0.6 is 11.3 Å². The van der Waals surface area contributed by atoms with E-state index in [2.05, 4.69) is 27.8 Å². The van der Waals surface area contributed by atoms with E-state index in [4.69, 9.17) is 4.74 Å². The van der Waals surface area contributed by atoms with Gasteiger partial charge < -0.3 is 10.1 Å². The molecule has 5 aromatic rings. The number of aryl methyl sites for hydroxylation is 1. The van der Waals surface area contributed by atoms with Gasteiger partial charge in [-0.15, -0.1) is 11.3 Å². The zero-order chi connectivity index (χ0) is 27.0. The number of nitrogens with one attached hydrogen (secondary N) is 2. The number of benzene rings is 4. The zero-order valence-corrected chi connectivity index (χ0v) is 21.9. The first-order valence-electron chi connectivity index (χ1n) is 12.2. The standard InChI is InChI=1S/C31H25FN4O2S/c1-21-9-15-26(16-10-21)34-31-35-29(20-39-31)23-11-13-24(14-12-23)30(37)36-33-18-22-5-4-7-27(17-22)38-19-25-6-2-3-8-28(25)32/h2-18,20H,19H2,1H3,(H,34,35)(H,36,37)/b33-18-. The summed E-state index contributed by atoms with van der Waals surface area (Å²) < 4.78 is 19.5. The van der Waals surface area contributed by atoms with Crippen molar-refractivity contribution in [3.8, 4) is 17.0 Å². The Labute approximate surface area is 229 Å². The Morgan fingerprint density at radius 3 is 2.59 bits per heavy atom. The Balaban J connectivity index is 1.15. The highest BCUT2D eigenvalue weighted by Crippen LogP contribution is 2.27. The van der Waals surface area contributed by atoms with Gasteiger partial charge in [-0.05, 0) is 55.0 Å². The number of hydrazone groups is 1. The predicted octanol–water partition coefficient (Wildman–Crippen LogP) is 7.34. The lowest BCUT2D eigenvalue weighted by molar-refractivity contribution is 0.0955. The average molecular weight is 537 g/mol. The lowest BCUT2D eigenvalue weighted by Gasteiger charge is -2.07. The van der Waals surface area contributed by atoms with Gasteiger partial charge in [0.25, 0.3) is 5.91 Å². The number of aromatic nitrogens is 1. The van der Waals surface area contributed by atoms with Gasteiger partial charge in [0.1, 0.15) is 18.2 Å². The van der Waals surface area contributed by atoms with Crippen molar-refractivity contribution in [2.45, 2.75) is 13.5 Å². The number of halogens is 1. The van der Waals surface area contributed by atoms with Gasteiger partial charge in [-0.3, -0.25) is 4.79 Å². The van der Waals surface area contributed by atoms with Gasteiger partial charge in [0, 0.05) is 27.8 Å². The van der Waals surface area contributed by atoms with Crippen molar-refractivity contribution in [2.75, 3.05) is 5.32 Å². The summed E-state index contributed by atoms with van der Waals surface area (Å²) in [6, 6.07) is 29.0. The minimum absolute atomic E-state index is 0.117. The number of nitrogens with zero attached hydrogens (tertiary/aromatic N) is 2. The highest BCUT2D eigenvalue weighted by Gasteiger charge is 2.08. The number of thiazole rings is 1. The minimum Gasteiger partial charge on any atom is -0.489 e. The Kier molecular flexibility index (Phi) is 8.04. The van der Waals surface area contributed by atoms with Crippen LogP contribution in [0.3, 0.4) is 0 Å². The third kappa shape index (κ3) is 6.94. The fourth-order valence-corrected chi connectivity index (χ4v) is 4.45. The van der Waals surface area contributed by atoms with E-state index < -0.39 is 0 Å². The highest BCUT2D eigenvalue weighted by atomic mass is 32.1. The van der Waals surface area contributed by atoms with Gasteiger partial charge in [-0.25, -0.2) is 14.8 Å². The number of hydrogen-bond donors (Lipinski definition) is 2. The van der Waals surface area contributed by atoms with Crippen molar-refractivity contribution >= 4 is 34.3 Å². The summed E-state index contributed by atoms with van der Waals surface area (Å²) in [5.41, 5.74) is 8.16. The topological polar surface area (TPSA) is 75.6 Å². The molecule has 4 aromatic carbocycles. The number of hydrogen-bond acceptors (Lipinski definition) is 6. The molecule has 1 heterocycles. The van der Waals surface area contributed by atoms with E-state index in [1.54, 1.807) is 48.5 Å². The van der Waals surface area contributed by atoms with Crippen molar-refractivity contribution in [3.63, 3.8) is 0 Å². The molecule has 0 radical (unpaired) electrons. The summed E-state index contributed by atoms with van der Waals surface area (Å²) in [5.74, 6) is -0.0643. The Bertz CT molecular complexity index is 1600. The smallest absolute Gasteiger partial charge is 0.271 e. The number of amides is 1. The van der Waals surface area contributed by atoms with Gasteiger partial charge in [0.05, 0.1) is 11.9 Å². The second kappa shape index (κ2) is 12.1. The van der Waals surface area contributed by atoms with Crippen LogP contribution in [0.25, 0.3) is 11.3 Å². The molecule has 39 heavy (non-hydrogen) atoms. The molecular weight excluding hydrogens is 511 g/mol. The van der Waals surface area contributed by atoms with E-state index in [0.29, 0.717) is 16.9 Å². The van der Waals surface area contributed by atoms with E-state index in [-0.39, 0.29) is 18.3 Å². The third-order valence-corrected chi connectivity index (χ3v) is 6.60. The second-order valence-corrected chi connectivity index (χ2v) is 9.62. The first-order valence-corrected chi connectivity index (χ1v) is 13.1.